The zero-order chi connectivity index (χ0) is 29.9. The maximum atomic E-state index is 6.65. The van der Waals surface area contributed by atoms with E-state index < -0.39 is 0 Å². The van der Waals surface area contributed by atoms with Gasteiger partial charge in [0.15, 0.2) is 0 Å². The van der Waals surface area contributed by atoms with Gasteiger partial charge >= 0.3 is 0 Å². The molecule has 0 unspecified atom stereocenters. The average molecular weight is 606 g/mol. The van der Waals surface area contributed by atoms with E-state index in [1.807, 2.05) is 23.5 Å². The van der Waals surface area contributed by atoms with Crippen LogP contribution in [0.15, 0.2) is 148 Å². The van der Waals surface area contributed by atoms with Gasteiger partial charge in [0, 0.05) is 69.3 Å². The van der Waals surface area contributed by atoms with E-state index in [-0.39, 0.29) is 0 Å². The van der Waals surface area contributed by atoms with Crippen molar-refractivity contribution in [2.45, 2.75) is 0 Å². The predicted molar refractivity (Wildman–Crippen MR) is 194 cm³/mol. The first kappa shape index (κ1) is 24.5. The Balaban J connectivity index is 1.17. The first-order valence-corrected chi connectivity index (χ1v) is 16.3. The molecule has 4 aromatic heterocycles. The van der Waals surface area contributed by atoms with E-state index in [0.29, 0.717) is 0 Å². The molecule has 46 heavy (non-hydrogen) atoms. The Kier molecular flexibility index (Phi) is 4.72. The first-order valence-electron chi connectivity index (χ1n) is 15.5. The van der Waals surface area contributed by atoms with Gasteiger partial charge in [0.1, 0.15) is 22.3 Å². The van der Waals surface area contributed by atoms with Gasteiger partial charge in [-0.05, 0) is 48.5 Å². The van der Waals surface area contributed by atoms with Crippen LogP contribution in [0.2, 0.25) is 0 Å². The molecule has 0 aliphatic carbocycles. The molecule has 11 rings (SSSR count). The van der Waals surface area contributed by atoms with Crippen LogP contribution in [0.5, 0.6) is 0 Å². The molecule has 4 heteroatoms. The fourth-order valence-corrected chi connectivity index (χ4v) is 8.69. The van der Waals surface area contributed by atoms with E-state index in [1.165, 1.54) is 42.0 Å². The van der Waals surface area contributed by atoms with Crippen LogP contribution in [0, 0.1) is 0 Å². The van der Waals surface area contributed by atoms with Crippen molar-refractivity contribution in [1.82, 2.24) is 4.57 Å². The Bertz CT molecular complexity index is 3040. The van der Waals surface area contributed by atoms with E-state index in [9.17, 15) is 0 Å². The second-order valence-corrected chi connectivity index (χ2v) is 13.1. The van der Waals surface area contributed by atoms with Gasteiger partial charge in [-0.2, -0.15) is 0 Å². The number of nitrogens with zero attached hydrogens (tertiary/aromatic N) is 1. The fourth-order valence-electron chi connectivity index (χ4n) is 7.56. The van der Waals surface area contributed by atoms with Crippen molar-refractivity contribution in [2.24, 2.45) is 0 Å². The van der Waals surface area contributed by atoms with E-state index in [1.54, 1.807) is 0 Å². The van der Waals surface area contributed by atoms with Crippen LogP contribution < -0.4 is 0 Å². The topological polar surface area (TPSA) is 31.2 Å². The van der Waals surface area contributed by atoms with Crippen LogP contribution in [0.4, 0.5) is 0 Å². The van der Waals surface area contributed by atoms with E-state index >= 15 is 0 Å². The number of thiophene rings is 1. The Labute approximate surface area is 266 Å². The number of para-hydroxylation sites is 4. The predicted octanol–water partition coefficient (Wildman–Crippen LogP) is 12.6. The number of hydrogen-bond acceptors (Lipinski definition) is 3. The zero-order valence-electron chi connectivity index (χ0n) is 24.5. The van der Waals surface area contributed by atoms with Crippen LogP contribution >= 0.6 is 11.3 Å². The highest BCUT2D eigenvalue weighted by molar-refractivity contribution is 7.25. The van der Waals surface area contributed by atoms with E-state index in [4.69, 9.17) is 8.83 Å². The molecule has 0 atom stereocenters. The van der Waals surface area contributed by atoms with Crippen molar-refractivity contribution in [3.05, 3.63) is 140 Å². The normalized spacial score (nSPS) is 12.3. The summed E-state index contributed by atoms with van der Waals surface area (Å²) in [5.41, 5.74) is 9.11. The molecule has 0 saturated heterocycles. The summed E-state index contributed by atoms with van der Waals surface area (Å²) in [6.07, 6.45) is 0. The lowest BCUT2D eigenvalue weighted by Gasteiger charge is -2.08. The van der Waals surface area contributed by atoms with E-state index in [0.717, 1.165) is 60.7 Å². The summed E-state index contributed by atoms with van der Waals surface area (Å²) in [5, 5.41) is 9.57. The molecule has 11 aromatic rings. The first-order chi connectivity index (χ1) is 22.8. The van der Waals surface area contributed by atoms with Gasteiger partial charge in [-0.1, -0.05) is 91.0 Å². The lowest BCUT2D eigenvalue weighted by molar-refractivity contribution is 0.665. The molecular formula is C42H23NO2S. The molecule has 0 spiro atoms. The number of benzene rings is 7. The lowest BCUT2D eigenvalue weighted by Crippen LogP contribution is -1.93. The largest absolute Gasteiger partial charge is 0.455 e. The van der Waals surface area contributed by atoms with Gasteiger partial charge in [-0.15, -0.1) is 11.3 Å². The van der Waals surface area contributed by atoms with Crippen LogP contribution in [0.25, 0.3) is 103 Å². The summed E-state index contributed by atoms with van der Waals surface area (Å²) in [6.45, 7) is 0. The third kappa shape index (κ3) is 3.21. The standard InChI is InChI=1S/C42H23NO2S/c1-4-16-35-25(9-1)32-23-40-34(27-11-3-6-18-39(27)46-40)22-36(32)43(35)24-19-20-38-33(21-24)31-15-8-14-30(42(31)45-38)29-13-7-12-28-26-10-2-5-17-37(26)44-41(28)29/h1-23H. The van der Waals surface area contributed by atoms with Crippen LogP contribution in [-0.2, 0) is 0 Å². The van der Waals surface area contributed by atoms with Gasteiger partial charge in [0.05, 0.1) is 11.0 Å². The molecule has 4 heterocycles. The van der Waals surface area contributed by atoms with Crippen molar-refractivity contribution in [2.75, 3.05) is 0 Å². The van der Waals surface area contributed by atoms with Gasteiger partial charge in [0.2, 0.25) is 0 Å². The highest BCUT2D eigenvalue weighted by Gasteiger charge is 2.19. The maximum absolute atomic E-state index is 6.65. The third-order valence-corrected chi connectivity index (χ3v) is 10.7. The molecule has 0 aliphatic heterocycles. The Hall–Kier alpha value is -5.84. The molecule has 0 N–H and O–H groups in total. The smallest absolute Gasteiger partial charge is 0.143 e. The highest BCUT2D eigenvalue weighted by Crippen LogP contribution is 2.43. The maximum Gasteiger partial charge on any atom is 0.143 e. The summed E-state index contributed by atoms with van der Waals surface area (Å²) in [7, 11) is 0. The minimum atomic E-state index is 0.870. The van der Waals surface area contributed by atoms with E-state index in [2.05, 4.69) is 132 Å². The van der Waals surface area contributed by atoms with Crippen molar-refractivity contribution in [1.29, 1.82) is 0 Å². The fraction of sp³-hybridized carbons (Fsp3) is 0. The number of furan rings is 2. The molecule has 0 aliphatic rings. The molecular weight excluding hydrogens is 583 g/mol. The summed E-state index contributed by atoms with van der Waals surface area (Å²) in [4.78, 5) is 0. The highest BCUT2D eigenvalue weighted by atomic mass is 32.1. The van der Waals surface area contributed by atoms with Crippen molar-refractivity contribution < 1.29 is 8.83 Å². The van der Waals surface area contributed by atoms with Crippen molar-refractivity contribution in [3.63, 3.8) is 0 Å². The minimum Gasteiger partial charge on any atom is -0.455 e. The summed E-state index contributed by atoms with van der Waals surface area (Å²) >= 11 is 1.87. The molecule has 0 amide bonds. The quantitative estimate of drug-likeness (QED) is 0.196. The number of hydrogen-bond donors (Lipinski definition) is 0. The third-order valence-electron chi connectivity index (χ3n) is 9.60. The molecule has 3 nitrogen and oxygen atoms in total. The Morgan fingerprint density at radius 1 is 0.391 bits per heavy atom. The Morgan fingerprint density at radius 3 is 1.87 bits per heavy atom. The molecule has 0 bridgehead atoms. The summed E-state index contributed by atoms with van der Waals surface area (Å²) in [6, 6.07) is 49.8. The van der Waals surface area contributed by atoms with Crippen molar-refractivity contribution in [3.8, 4) is 16.8 Å². The van der Waals surface area contributed by atoms with Crippen LogP contribution in [-0.4, -0.2) is 4.57 Å². The monoisotopic (exact) mass is 605 g/mol. The van der Waals surface area contributed by atoms with Gasteiger partial charge in [0.25, 0.3) is 0 Å². The van der Waals surface area contributed by atoms with Gasteiger partial charge in [-0.25, -0.2) is 0 Å². The zero-order valence-corrected chi connectivity index (χ0v) is 25.3. The number of fused-ring (bicyclic) bond motifs is 12. The average Bonchev–Trinajstić information content (AvgIpc) is 3.85. The molecule has 7 aromatic carbocycles. The van der Waals surface area contributed by atoms with Gasteiger partial charge in [-0.3, -0.25) is 0 Å². The second kappa shape index (κ2) is 8.87. The number of aromatic nitrogens is 1. The SMILES string of the molecule is c1ccc2c(c1)oc1c(-c3cccc4c3oc3ccc(-n5c6ccccc6c6cc7sc8ccccc8c7cc65)cc34)cccc12. The molecule has 0 saturated carbocycles. The van der Waals surface area contributed by atoms with Crippen LogP contribution in [0.1, 0.15) is 0 Å². The van der Waals surface area contributed by atoms with Crippen molar-refractivity contribution >= 4 is 97.2 Å². The lowest BCUT2D eigenvalue weighted by atomic mass is 10.00. The Morgan fingerprint density at radius 2 is 1.04 bits per heavy atom. The minimum absolute atomic E-state index is 0.870. The molecule has 0 radical (unpaired) electrons. The summed E-state index contributed by atoms with van der Waals surface area (Å²) < 4.78 is 18.1. The van der Waals surface area contributed by atoms with Gasteiger partial charge < -0.3 is 13.4 Å². The summed E-state index contributed by atoms with van der Waals surface area (Å²) in [5.74, 6) is 0. The second-order valence-electron chi connectivity index (χ2n) is 12.1. The molecule has 0 fully saturated rings. The van der Waals surface area contributed by atoms with Crippen LogP contribution in [0.3, 0.4) is 0 Å². The number of rotatable bonds is 2. The molecule has 214 valence electrons.